The molecule has 9 nitrogen and oxygen atoms in total. The second kappa shape index (κ2) is 11.6. The average Bonchev–Trinajstić information content (AvgIpc) is 3.60. The van der Waals surface area contributed by atoms with E-state index in [1.807, 2.05) is 74.5 Å². The number of para-hydroxylation sites is 2. The summed E-state index contributed by atoms with van der Waals surface area (Å²) in [5.74, 6) is 0.423. The zero-order valence-corrected chi connectivity index (χ0v) is 24.9. The van der Waals surface area contributed by atoms with Crippen molar-refractivity contribution in [3.05, 3.63) is 95.5 Å². The van der Waals surface area contributed by atoms with Gasteiger partial charge in [0.2, 0.25) is 5.91 Å². The number of hydrogen-bond acceptors (Lipinski definition) is 7. The Balaban J connectivity index is 1.14. The van der Waals surface area contributed by atoms with Crippen LogP contribution in [0, 0.1) is 5.41 Å². The molecule has 5 aromatic rings. The molecule has 216 valence electrons. The van der Waals surface area contributed by atoms with Gasteiger partial charge in [-0.1, -0.05) is 61.8 Å². The van der Waals surface area contributed by atoms with Crippen molar-refractivity contribution in [3.63, 3.8) is 0 Å². The minimum Gasteiger partial charge on any atom is -0.427 e. The number of halogens is 1. The number of nitrogens with one attached hydrogen (secondary N) is 1. The summed E-state index contributed by atoms with van der Waals surface area (Å²) in [6, 6.07) is 22.8. The summed E-state index contributed by atoms with van der Waals surface area (Å²) < 4.78 is 19.4. The molecule has 0 spiro atoms. The van der Waals surface area contributed by atoms with Crippen LogP contribution < -0.4 is 5.32 Å². The average molecular weight is 606 g/mol. The summed E-state index contributed by atoms with van der Waals surface area (Å²) in [5, 5.41) is 3.56. The number of anilines is 1. The van der Waals surface area contributed by atoms with Crippen molar-refractivity contribution in [2.24, 2.45) is 5.41 Å². The lowest BCUT2D eigenvalue weighted by atomic mass is 9.97. The molecule has 0 atom stereocenters. The van der Waals surface area contributed by atoms with Gasteiger partial charge in [-0.05, 0) is 42.0 Å². The Bertz CT molecular complexity index is 1710. The molecule has 2 aromatic heterocycles. The van der Waals surface area contributed by atoms with Crippen molar-refractivity contribution in [3.8, 4) is 17.3 Å². The fourth-order valence-corrected chi connectivity index (χ4v) is 6.81. The van der Waals surface area contributed by atoms with E-state index >= 15 is 0 Å². The number of oxazole rings is 1. The van der Waals surface area contributed by atoms with Crippen LogP contribution in [0.1, 0.15) is 31.6 Å². The summed E-state index contributed by atoms with van der Waals surface area (Å²) in [6.45, 7) is 4.98. The molecule has 2 N–H and O–H groups in total. The quantitative estimate of drug-likeness (QED) is 0.179. The van der Waals surface area contributed by atoms with E-state index in [0.717, 1.165) is 22.2 Å². The smallest absolute Gasteiger partial charge is 0.413 e. The first kappa shape index (κ1) is 28.5. The van der Waals surface area contributed by atoms with Gasteiger partial charge in [-0.3, -0.25) is 9.36 Å². The molecule has 1 aliphatic heterocycles. The van der Waals surface area contributed by atoms with Crippen LogP contribution in [0.25, 0.3) is 28.3 Å². The Kier molecular flexibility index (Phi) is 7.87. The van der Waals surface area contributed by atoms with Crippen molar-refractivity contribution >= 4 is 42.2 Å². The van der Waals surface area contributed by atoms with E-state index in [-0.39, 0.29) is 17.7 Å². The fourth-order valence-electron chi connectivity index (χ4n) is 4.65. The van der Waals surface area contributed by atoms with Crippen LogP contribution >= 0.6 is 19.5 Å². The predicted octanol–water partition coefficient (Wildman–Crippen LogP) is 7.23. The number of amides is 1. The van der Waals surface area contributed by atoms with Crippen LogP contribution in [0.15, 0.2) is 83.5 Å². The number of nitrogens with zero attached hydrogens (tertiary/aromatic N) is 3. The van der Waals surface area contributed by atoms with E-state index in [9.17, 15) is 9.69 Å². The summed E-state index contributed by atoms with van der Waals surface area (Å²) in [5.41, 5.74) is 4.59. The second-order valence-corrected chi connectivity index (χ2v) is 13.7. The molecule has 1 amide bonds. The molecule has 42 heavy (non-hydrogen) atoms. The third-order valence-corrected chi connectivity index (χ3v) is 9.06. The monoisotopic (exact) mass is 605 g/mol. The van der Waals surface area contributed by atoms with E-state index in [4.69, 9.17) is 30.0 Å². The molecule has 1 aliphatic rings. The standard InChI is InChI=1S/C31H30ClN4O5P/c1-31(2)18-39-42(38,40-19-31)17-21-7-13-24(14-8-21)34-28(37)16-15-27-29(22-9-11-23(32)12-10-22)35-30(41-27)36-20-33-25-5-3-4-6-26(25)36/h3-14,20,38H,15-19H2,1-2H3/p+1. The molecule has 6 rings (SSSR count). The fraction of sp³-hybridized carbons (Fsp3) is 0.258. The van der Waals surface area contributed by atoms with Gasteiger partial charge in [-0.2, -0.15) is 18.9 Å². The highest BCUT2D eigenvalue weighted by atomic mass is 35.5. The Hall–Kier alpha value is -3.59. The van der Waals surface area contributed by atoms with Crippen LogP contribution in [0.3, 0.4) is 0 Å². The van der Waals surface area contributed by atoms with Crippen LogP contribution in [-0.4, -0.2) is 38.5 Å². The van der Waals surface area contributed by atoms with E-state index < -0.39 is 7.94 Å². The van der Waals surface area contributed by atoms with Gasteiger partial charge in [0.25, 0.3) is 0 Å². The number of imidazole rings is 1. The summed E-state index contributed by atoms with van der Waals surface area (Å²) in [4.78, 5) is 32.9. The minimum atomic E-state index is -2.93. The molecule has 1 saturated heterocycles. The molecule has 11 heteroatoms. The molecule has 3 aromatic carbocycles. The van der Waals surface area contributed by atoms with Crippen LogP contribution in [0.5, 0.6) is 0 Å². The number of fused-ring (bicyclic) bond motifs is 1. The lowest BCUT2D eigenvalue weighted by Gasteiger charge is -2.31. The van der Waals surface area contributed by atoms with Gasteiger partial charge in [-0.15, -0.1) is 0 Å². The van der Waals surface area contributed by atoms with Gasteiger partial charge >= 0.3 is 14.0 Å². The minimum absolute atomic E-state index is 0.114. The third kappa shape index (κ3) is 6.41. The first-order valence-corrected chi connectivity index (χ1v) is 15.8. The molecule has 0 radical (unpaired) electrons. The van der Waals surface area contributed by atoms with Crippen molar-refractivity contribution in [2.45, 2.75) is 32.9 Å². The Morgan fingerprint density at radius 3 is 2.50 bits per heavy atom. The molecule has 3 heterocycles. The molecule has 0 aliphatic carbocycles. The first-order chi connectivity index (χ1) is 20.2. The zero-order chi connectivity index (χ0) is 29.3. The van der Waals surface area contributed by atoms with Gasteiger partial charge in [0.15, 0.2) is 6.16 Å². The number of aryl methyl sites for hydroxylation is 1. The topological polar surface area (TPSA) is 112 Å². The highest BCUT2D eigenvalue weighted by Gasteiger charge is 2.48. The number of carbonyl (C=O) groups excluding carboxylic acids is 1. The number of rotatable bonds is 8. The van der Waals surface area contributed by atoms with Gasteiger partial charge < -0.3 is 9.73 Å². The molecular weight excluding hydrogens is 575 g/mol. The van der Waals surface area contributed by atoms with Crippen molar-refractivity contribution in [1.82, 2.24) is 14.5 Å². The second-order valence-electron chi connectivity index (χ2n) is 11.1. The van der Waals surface area contributed by atoms with E-state index in [1.165, 1.54) is 0 Å². The summed E-state index contributed by atoms with van der Waals surface area (Å²) >= 11 is 6.11. The van der Waals surface area contributed by atoms with Crippen LogP contribution in [0.2, 0.25) is 5.02 Å². The Morgan fingerprint density at radius 2 is 1.76 bits per heavy atom. The number of hydrogen-bond donors (Lipinski definition) is 2. The first-order valence-electron chi connectivity index (χ1n) is 13.6. The van der Waals surface area contributed by atoms with Gasteiger partial charge in [-0.25, -0.2) is 4.98 Å². The molecule has 0 unspecified atom stereocenters. The Labute approximate surface area is 249 Å². The SMILES string of the molecule is CC1(C)CO[P+](O)(Cc2ccc(NC(=O)CCc3oc(-n4cnc5ccccc54)nc3-c3ccc(Cl)cc3)cc2)OC1. The maximum atomic E-state index is 12.9. The van der Waals surface area contributed by atoms with Gasteiger partial charge in [0, 0.05) is 34.5 Å². The molecule has 0 saturated carbocycles. The highest BCUT2D eigenvalue weighted by molar-refractivity contribution is 7.59. The van der Waals surface area contributed by atoms with Crippen LogP contribution in [0.4, 0.5) is 5.69 Å². The normalized spacial score (nSPS) is 16.0. The molecule has 1 fully saturated rings. The van der Waals surface area contributed by atoms with E-state index in [1.54, 1.807) is 23.0 Å². The van der Waals surface area contributed by atoms with Gasteiger partial charge in [0.1, 0.15) is 31.0 Å². The lowest BCUT2D eigenvalue weighted by Crippen LogP contribution is -2.31. The summed E-state index contributed by atoms with van der Waals surface area (Å²) in [7, 11) is -2.93. The highest BCUT2D eigenvalue weighted by Crippen LogP contribution is 2.63. The third-order valence-electron chi connectivity index (χ3n) is 6.98. The van der Waals surface area contributed by atoms with Crippen molar-refractivity contribution in [1.29, 1.82) is 0 Å². The molecular formula is C31H31ClN4O5P+. The van der Waals surface area contributed by atoms with E-state index in [2.05, 4.69) is 10.3 Å². The predicted molar refractivity (Wildman–Crippen MR) is 163 cm³/mol. The number of benzene rings is 3. The largest absolute Gasteiger partial charge is 0.427 e. The lowest BCUT2D eigenvalue weighted by molar-refractivity contribution is -0.116. The maximum absolute atomic E-state index is 12.9. The maximum Gasteiger partial charge on any atom is 0.413 e. The van der Waals surface area contributed by atoms with Crippen LogP contribution in [-0.2, 0) is 26.4 Å². The number of carbonyl (C=O) groups is 1. The zero-order valence-electron chi connectivity index (χ0n) is 23.3. The van der Waals surface area contributed by atoms with Crippen molar-refractivity contribution < 1.29 is 23.2 Å². The number of aromatic nitrogens is 3. The Morgan fingerprint density at radius 1 is 1.05 bits per heavy atom. The van der Waals surface area contributed by atoms with E-state index in [0.29, 0.717) is 54.0 Å². The van der Waals surface area contributed by atoms with Gasteiger partial charge in [0.05, 0.1) is 11.0 Å². The van der Waals surface area contributed by atoms with Crippen molar-refractivity contribution in [2.75, 3.05) is 18.5 Å². The summed E-state index contributed by atoms with van der Waals surface area (Å²) in [6.07, 6.45) is 2.50. The molecule has 0 bridgehead atoms.